The molecule has 0 heterocycles. The molecule has 0 unspecified atom stereocenters. The van der Waals surface area contributed by atoms with E-state index in [1.165, 1.54) is 28.2 Å². The third kappa shape index (κ3) is 7.39. The Hall–Kier alpha value is 0.360. The SMILES string of the molecule is CC#CC.C[C]1C(C)=C(C)C(C)=C1C.[Cl][Ta][Cl]. The molecule has 17 heavy (non-hydrogen) atoms. The fourth-order valence-electron chi connectivity index (χ4n) is 1.41. The molecule has 1 radical (unpaired) electrons. The van der Waals surface area contributed by atoms with Crippen LogP contribution in [0, 0.1) is 17.8 Å². The summed E-state index contributed by atoms with van der Waals surface area (Å²) in [4.78, 5) is 0. The third-order valence-electron chi connectivity index (χ3n) is 3.06. The summed E-state index contributed by atoms with van der Waals surface area (Å²) in [6, 6.07) is 0. The van der Waals surface area contributed by atoms with E-state index in [4.69, 9.17) is 18.4 Å². The molecule has 0 aliphatic heterocycles. The topological polar surface area (TPSA) is 0 Å². The Morgan fingerprint density at radius 2 is 0.941 bits per heavy atom. The molecular weight excluding hydrogens is 420 g/mol. The zero-order chi connectivity index (χ0) is 14.0. The minimum atomic E-state index is -0.889. The first-order chi connectivity index (χ1) is 7.88. The summed E-state index contributed by atoms with van der Waals surface area (Å²) in [5, 5.41) is 0. The van der Waals surface area contributed by atoms with Gasteiger partial charge in [0.1, 0.15) is 0 Å². The molecule has 3 heteroatoms. The van der Waals surface area contributed by atoms with Crippen molar-refractivity contribution in [2.75, 3.05) is 0 Å². The minimum absolute atomic E-state index is 0.889. The zero-order valence-electron chi connectivity index (χ0n) is 11.7. The molecule has 0 amide bonds. The van der Waals surface area contributed by atoms with Crippen LogP contribution in [0.4, 0.5) is 0 Å². The van der Waals surface area contributed by atoms with Crippen LogP contribution in [0.3, 0.4) is 0 Å². The average Bonchev–Trinajstić information content (AvgIpc) is 2.49. The van der Waals surface area contributed by atoms with E-state index in [-0.39, 0.29) is 0 Å². The van der Waals surface area contributed by atoms with Gasteiger partial charge in [-0.1, -0.05) is 18.1 Å². The zero-order valence-corrected chi connectivity index (χ0v) is 16.4. The summed E-state index contributed by atoms with van der Waals surface area (Å²) in [7, 11) is 9.89. The summed E-state index contributed by atoms with van der Waals surface area (Å²) >= 11 is -0.889. The Morgan fingerprint density at radius 3 is 1.00 bits per heavy atom. The van der Waals surface area contributed by atoms with Gasteiger partial charge in [-0.3, -0.25) is 0 Å². The molecule has 0 fully saturated rings. The molecule has 0 aromatic carbocycles. The van der Waals surface area contributed by atoms with Crippen molar-refractivity contribution < 1.29 is 17.6 Å². The molecule has 0 saturated heterocycles. The fourth-order valence-corrected chi connectivity index (χ4v) is 1.41. The van der Waals surface area contributed by atoms with E-state index >= 15 is 0 Å². The molecule has 0 aromatic heterocycles. The summed E-state index contributed by atoms with van der Waals surface area (Å²) in [5.41, 5.74) is 5.87. The van der Waals surface area contributed by atoms with Gasteiger partial charge in [-0.15, -0.1) is 11.8 Å². The fraction of sp³-hybridized carbons (Fsp3) is 0.500. The van der Waals surface area contributed by atoms with Crippen molar-refractivity contribution in [1.29, 1.82) is 0 Å². The van der Waals surface area contributed by atoms with E-state index in [0.29, 0.717) is 0 Å². The van der Waals surface area contributed by atoms with Gasteiger partial charge in [0, 0.05) is 5.92 Å². The van der Waals surface area contributed by atoms with Crippen LogP contribution >= 0.6 is 18.4 Å². The average molecular weight is 441 g/mol. The third-order valence-corrected chi connectivity index (χ3v) is 3.06. The van der Waals surface area contributed by atoms with E-state index in [2.05, 4.69) is 46.5 Å². The van der Waals surface area contributed by atoms with Gasteiger partial charge in [0.2, 0.25) is 0 Å². The Kier molecular flexibility index (Phi) is 13.3. The monoisotopic (exact) mass is 440 g/mol. The number of allylic oxidation sites excluding steroid dienone is 4. The number of rotatable bonds is 0. The van der Waals surface area contributed by atoms with Crippen molar-refractivity contribution in [3.8, 4) is 11.8 Å². The van der Waals surface area contributed by atoms with Crippen molar-refractivity contribution in [2.45, 2.75) is 48.5 Å². The Labute approximate surface area is 124 Å². The summed E-state index contributed by atoms with van der Waals surface area (Å²) in [6.45, 7) is 14.6. The van der Waals surface area contributed by atoms with E-state index in [1.54, 1.807) is 0 Å². The van der Waals surface area contributed by atoms with Gasteiger partial charge in [-0.05, 0) is 52.7 Å². The van der Waals surface area contributed by atoms with Crippen LogP contribution in [0.15, 0.2) is 22.3 Å². The maximum absolute atomic E-state index is 4.94. The van der Waals surface area contributed by atoms with E-state index in [0.717, 1.165) is 0 Å². The molecule has 96 valence electrons. The van der Waals surface area contributed by atoms with Gasteiger partial charge < -0.3 is 0 Å². The number of hydrogen-bond donors (Lipinski definition) is 0. The van der Waals surface area contributed by atoms with Gasteiger partial charge in [-0.25, -0.2) is 0 Å². The molecular formula is C14H21Cl2Ta. The number of halogens is 2. The van der Waals surface area contributed by atoms with Crippen molar-refractivity contribution in [2.24, 2.45) is 0 Å². The van der Waals surface area contributed by atoms with Gasteiger partial charge in [0.05, 0.1) is 0 Å². The Bertz CT molecular complexity index is 313. The second kappa shape index (κ2) is 11.5. The first kappa shape index (κ1) is 19.7. The van der Waals surface area contributed by atoms with Crippen LogP contribution in [-0.4, -0.2) is 0 Å². The van der Waals surface area contributed by atoms with Crippen LogP contribution in [-0.2, 0) is 17.6 Å². The van der Waals surface area contributed by atoms with Crippen LogP contribution in [0.5, 0.6) is 0 Å². The molecule has 1 rings (SSSR count). The summed E-state index contributed by atoms with van der Waals surface area (Å²) < 4.78 is 0. The van der Waals surface area contributed by atoms with Crippen LogP contribution < -0.4 is 0 Å². The predicted octanol–water partition coefficient (Wildman–Crippen LogP) is 5.67. The first-order valence-corrected chi connectivity index (χ1v) is 13.3. The van der Waals surface area contributed by atoms with Crippen LogP contribution in [0.25, 0.3) is 0 Å². The molecule has 0 spiro atoms. The quantitative estimate of drug-likeness (QED) is 0.425. The standard InChI is InChI=1S/C10H15.C4H6.2ClH.Ta/c1-6-7(2)9(4)10(5)8(6)3;1-3-4-2;;;/h1-5H3;1-2H3;2*1H;/q;;;;+2/p-2. The van der Waals surface area contributed by atoms with E-state index in [1.807, 2.05) is 13.8 Å². The van der Waals surface area contributed by atoms with Crippen molar-refractivity contribution >= 4 is 18.4 Å². The molecule has 0 saturated carbocycles. The van der Waals surface area contributed by atoms with Crippen molar-refractivity contribution in [3.05, 3.63) is 28.2 Å². The van der Waals surface area contributed by atoms with Crippen LogP contribution in [0.2, 0.25) is 0 Å². The van der Waals surface area contributed by atoms with Crippen molar-refractivity contribution in [1.82, 2.24) is 0 Å². The molecule has 0 nitrogen and oxygen atoms in total. The molecule has 1 aliphatic rings. The second-order valence-electron chi connectivity index (χ2n) is 3.69. The molecule has 1 aliphatic carbocycles. The summed E-state index contributed by atoms with van der Waals surface area (Å²) in [5.74, 6) is 6.83. The maximum atomic E-state index is 4.94. The van der Waals surface area contributed by atoms with Gasteiger partial charge in [-0.2, -0.15) is 0 Å². The van der Waals surface area contributed by atoms with Gasteiger partial charge in [0.15, 0.2) is 0 Å². The number of hydrogen-bond acceptors (Lipinski definition) is 0. The molecule has 0 bridgehead atoms. The van der Waals surface area contributed by atoms with Gasteiger partial charge in [0.25, 0.3) is 0 Å². The van der Waals surface area contributed by atoms with E-state index < -0.39 is 17.6 Å². The van der Waals surface area contributed by atoms with Crippen LogP contribution in [0.1, 0.15) is 48.5 Å². The predicted molar refractivity (Wildman–Crippen MR) is 76.5 cm³/mol. The van der Waals surface area contributed by atoms with E-state index in [9.17, 15) is 0 Å². The normalized spacial score (nSPS) is 14.2. The Morgan fingerprint density at radius 1 is 0.706 bits per heavy atom. The Balaban J connectivity index is 0. The first-order valence-electron chi connectivity index (χ1n) is 5.34. The second-order valence-corrected chi connectivity index (χ2v) is 8.33. The molecule has 0 N–H and O–H groups in total. The molecule has 0 aromatic rings. The van der Waals surface area contributed by atoms with Crippen molar-refractivity contribution in [3.63, 3.8) is 0 Å². The molecule has 0 atom stereocenters. The summed E-state index contributed by atoms with van der Waals surface area (Å²) in [6.07, 6.45) is 0. The van der Waals surface area contributed by atoms with Gasteiger partial charge >= 0.3 is 36.0 Å².